The van der Waals surface area contributed by atoms with Crippen LogP contribution in [0.2, 0.25) is 0 Å². The van der Waals surface area contributed by atoms with Crippen LogP contribution in [-0.4, -0.2) is 11.4 Å². The van der Waals surface area contributed by atoms with Crippen molar-refractivity contribution in [3.05, 3.63) is 90.0 Å². The van der Waals surface area contributed by atoms with Gasteiger partial charge in [0.05, 0.1) is 0 Å². The van der Waals surface area contributed by atoms with Crippen LogP contribution in [0.15, 0.2) is 78.9 Å². The van der Waals surface area contributed by atoms with Crippen LogP contribution in [0.5, 0.6) is 5.75 Å². The molecule has 2 heteroatoms. The highest BCUT2D eigenvalue weighted by Crippen LogP contribution is 2.35. The molecule has 1 unspecified atom stereocenters. The van der Waals surface area contributed by atoms with Gasteiger partial charge in [0.1, 0.15) is 5.75 Å². The van der Waals surface area contributed by atoms with Crippen LogP contribution in [0.3, 0.4) is 0 Å². The molecule has 0 saturated heterocycles. The first-order valence-corrected chi connectivity index (χ1v) is 7.80. The maximum atomic E-state index is 8.78. The Labute approximate surface area is 137 Å². The van der Waals surface area contributed by atoms with E-state index in [2.05, 4.69) is 48.5 Å². The van der Waals surface area contributed by atoms with E-state index in [-0.39, 0.29) is 0 Å². The summed E-state index contributed by atoms with van der Waals surface area (Å²) >= 11 is 0. The summed E-state index contributed by atoms with van der Waals surface area (Å²) in [6.07, 6.45) is 0.370. The third-order valence-corrected chi connectivity index (χ3v) is 3.76. The highest BCUT2D eigenvalue weighted by Gasteiger charge is 2.15. The molecule has 0 saturated carbocycles. The lowest BCUT2D eigenvalue weighted by molar-refractivity contribution is -0.000288. The molecule has 0 fully saturated rings. The van der Waals surface area contributed by atoms with Crippen LogP contribution < -0.4 is 4.74 Å². The van der Waals surface area contributed by atoms with E-state index in [9.17, 15) is 0 Å². The van der Waals surface area contributed by atoms with Crippen LogP contribution in [0.25, 0.3) is 11.1 Å². The van der Waals surface area contributed by atoms with Crippen LogP contribution >= 0.6 is 0 Å². The van der Waals surface area contributed by atoms with Crippen molar-refractivity contribution in [1.29, 1.82) is 0 Å². The third kappa shape index (κ3) is 3.79. The molecule has 0 aromatic heterocycles. The Hall–Kier alpha value is -2.58. The van der Waals surface area contributed by atoms with Gasteiger partial charge in [-0.1, -0.05) is 66.7 Å². The quantitative estimate of drug-likeness (QED) is 0.546. The Morgan fingerprint density at radius 3 is 1.74 bits per heavy atom. The van der Waals surface area contributed by atoms with Crippen molar-refractivity contribution < 1.29 is 9.84 Å². The highest BCUT2D eigenvalue weighted by molar-refractivity contribution is 5.76. The molecule has 0 aliphatic heterocycles. The number of fused-ring (bicyclic) bond motifs is 3. The number of para-hydroxylation sites is 1. The van der Waals surface area contributed by atoms with Gasteiger partial charge in [0, 0.05) is 0 Å². The van der Waals surface area contributed by atoms with E-state index < -0.39 is 6.29 Å². The zero-order valence-corrected chi connectivity index (χ0v) is 13.1. The molecule has 1 N–H and O–H groups in total. The number of hydrogen-bond donors (Lipinski definition) is 1. The Bertz CT molecular complexity index is 720. The van der Waals surface area contributed by atoms with Crippen molar-refractivity contribution in [2.75, 3.05) is 0 Å². The second-order valence-electron chi connectivity index (χ2n) is 5.52. The molecular weight excluding hydrogens is 284 g/mol. The summed E-state index contributed by atoms with van der Waals surface area (Å²) in [6, 6.07) is 26.5. The molecule has 0 heterocycles. The van der Waals surface area contributed by atoms with E-state index in [0.29, 0.717) is 5.75 Å². The predicted molar refractivity (Wildman–Crippen MR) is 93.4 cm³/mol. The minimum absolute atomic E-state index is 0.692. The minimum Gasteiger partial charge on any atom is -0.465 e. The summed E-state index contributed by atoms with van der Waals surface area (Å²) in [5.74, 6) is 0.692. The Morgan fingerprint density at radius 2 is 1.22 bits per heavy atom. The van der Waals surface area contributed by atoms with Gasteiger partial charge in [-0.25, -0.2) is 0 Å². The molecule has 3 aromatic rings. The number of aliphatic hydroxyl groups excluding tert-OH is 1. The SMILES string of the molecule is CC(O)Oc1ccccc1.c1ccc2c(c1)Cc1ccccc1-2. The molecule has 1 aliphatic rings. The fraction of sp³-hybridized carbons (Fsp3) is 0.143. The zero-order chi connectivity index (χ0) is 16.1. The van der Waals surface area contributed by atoms with Crippen molar-refractivity contribution in [2.45, 2.75) is 19.6 Å². The van der Waals surface area contributed by atoms with Crippen molar-refractivity contribution in [3.63, 3.8) is 0 Å². The van der Waals surface area contributed by atoms with Crippen LogP contribution in [0.4, 0.5) is 0 Å². The van der Waals surface area contributed by atoms with Gasteiger partial charge in [-0.15, -0.1) is 0 Å². The largest absolute Gasteiger partial charge is 0.465 e. The fourth-order valence-electron chi connectivity index (χ4n) is 2.78. The van der Waals surface area contributed by atoms with Gasteiger partial charge < -0.3 is 9.84 Å². The summed E-state index contributed by atoms with van der Waals surface area (Å²) in [4.78, 5) is 0. The standard InChI is InChI=1S/C13H10.C8H10O2/c1-3-7-12-10(5-1)9-11-6-2-4-8-13(11)12;1-7(9)10-8-5-3-2-4-6-8/h1-8H,9H2;2-7,9H,1H3. The number of aliphatic hydroxyl groups is 1. The summed E-state index contributed by atoms with van der Waals surface area (Å²) < 4.78 is 4.97. The summed E-state index contributed by atoms with van der Waals surface area (Å²) in [5.41, 5.74) is 5.75. The molecule has 3 aromatic carbocycles. The van der Waals surface area contributed by atoms with Crippen molar-refractivity contribution >= 4 is 0 Å². The van der Waals surface area contributed by atoms with E-state index >= 15 is 0 Å². The van der Waals surface area contributed by atoms with Crippen molar-refractivity contribution in [3.8, 4) is 16.9 Å². The second kappa shape index (κ2) is 7.12. The molecule has 2 nitrogen and oxygen atoms in total. The smallest absolute Gasteiger partial charge is 0.194 e. The van der Waals surface area contributed by atoms with Gasteiger partial charge in [0.15, 0.2) is 6.29 Å². The molecule has 0 amide bonds. The maximum Gasteiger partial charge on any atom is 0.194 e. The summed E-state index contributed by atoms with van der Waals surface area (Å²) in [6.45, 7) is 1.58. The fourth-order valence-corrected chi connectivity index (χ4v) is 2.78. The summed E-state index contributed by atoms with van der Waals surface area (Å²) in [7, 11) is 0. The maximum absolute atomic E-state index is 8.78. The first kappa shape index (κ1) is 15.3. The lowest BCUT2D eigenvalue weighted by atomic mass is 10.1. The number of ether oxygens (including phenoxy) is 1. The van der Waals surface area contributed by atoms with E-state index in [1.165, 1.54) is 22.3 Å². The zero-order valence-electron chi connectivity index (χ0n) is 13.1. The van der Waals surface area contributed by atoms with E-state index in [0.717, 1.165) is 6.42 Å². The lowest BCUT2D eigenvalue weighted by Crippen LogP contribution is -2.08. The van der Waals surface area contributed by atoms with Crippen LogP contribution in [0, 0.1) is 0 Å². The van der Waals surface area contributed by atoms with E-state index in [1.807, 2.05) is 18.2 Å². The monoisotopic (exact) mass is 304 g/mol. The minimum atomic E-state index is -0.734. The highest BCUT2D eigenvalue weighted by atomic mass is 16.6. The van der Waals surface area contributed by atoms with Crippen molar-refractivity contribution in [2.24, 2.45) is 0 Å². The second-order valence-corrected chi connectivity index (χ2v) is 5.52. The first-order chi connectivity index (χ1) is 11.2. The molecule has 23 heavy (non-hydrogen) atoms. The average molecular weight is 304 g/mol. The lowest BCUT2D eigenvalue weighted by Gasteiger charge is -2.06. The average Bonchev–Trinajstić information content (AvgIpc) is 2.94. The number of benzene rings is 3. The van der Waals surface area contributed by atoms with Crippen molar-refractivity contribution in [1.82, 2.24) is 0 Å². The van der Waals surface area contributed by atoms with E-state index in [4.69, 9.17) is 9.84 Å². The molecule has 116 valence electrons. The summed E-state index contributed by atoms with van der Waals surface area (Å²) in [5, 5.41) is 8.78. The van der Waals surface area contributed by atoms with Gasteiger partial charge in [0.2, 0.25) is 0 Å². The van der Waals surface area contributed by atoms with Gasteiger partial charge >= 0.3 is 0 Å². The molecule has 1 aliphatic carbocycles. The van der Waals surface area contributed by atoms with E-state index in [1.54, 1.807) is 19.1 Å². The topological polar surface area (TPSA) is 29.5 Å². The predicted octanol–water partition coefficient (Wildman–Crippen LogP) is 4.66. The molecule has 4 rings (SSSR count). The third-order valence-electron chi connectivity index (χ3n) is 3.76. The molecule has 0 radical (unpaired) electrons. The molecule has 1 atom stereocenters. The normalized spacial score (nSPS) is 12.4. The van der Waals surface area contributed by atoms with Gasteiger partial charge in [0.25, 0.3) is 0 Å². The van der Waals surface area contributed by atoms with Gasteiger partial charge in [-0.05, 0) is 47.7 Å². The molecular formula is C21H20O2. The van der Waals surface area contributed by atoms with Crippen LogP contribution in [-0.2, 0) is 6.42 Å². The molecule has 0 spiro atoms. The Balaban J connectivity index is 0.000000142. The Morgan fingerprint density at radius 1 is 0.739 bits per heavy atom. The van der Waals surface area contributed by atoms with Crippen LogP contribution in [0.1, 0.15) is 18.1 Å². The number of rotatable bonds is 2. The van der Waals surface area contributed by atoms with Gasteiger partial charge in [-0.2, -0.15) is 0 Å². The first-order valence-electron chi connectivity index (χ1n) is 7.80. The molecule has 0 bridgehead atoms. The van der Waals surface area contributed by atoms with Gasteiger partial charge in [-0.3, -0.25) is 0 Å². The Kier molecular flexibility index (Phi) is 4.74. The number of hydrogen-bond acceptors (Lipinski definition) is 2.